The molecule has 0 aliphatic rings. The molecule has 16 heavy (non-hydrogen) atoms. The van der Waals surface area contributed by atoms with Gasteiger partial charge in [-0.25, -0.2) is 4.39 Å². The first-order chi connectivity index (χ1) is 7.30. The van der Waals surface area contributed by atoms with E-state index in [0.29, 0.717) is 0 Å². The summed E-state index contributed by atoms with van der Waals surface area (Å²) in [5.41, 5.74) is -0.253. The number of hydrogen-bond donors (Lipinski definition) is 1. The van der Waals surface area contributed by atoms with Gasteiger partial charge in [0.25, 0.3) is 0 Å². The standard InChI is InChI=1S/C10H8F4O2/c11-7-3-1-6(2-4-7)8(5-9(15)16)10(12,13)14/h1-4,8H,5H2,(H,15,16)/t8-/m1/s1. The number of rotatable bonds is 3. The van der Waals surface area contributed by atoms with Gasteiger partial charge in [0.2, 0.25) is 0 Å². The summed E-state index contributed by atoms with van der Waals surface area (Å²) < 4.78 is 50.0. The van der Waals surface area contributed by atoms with E-state index in [2.05, 4.69) is 0 Å². The lowest BCUT2D eigenvalue weighted by Gasteiger charge is -2.18. The first-order valence-corrected chi connectivity index (χ1v) is 4.34. The molecule has 1 atom stereocenters. The summed E-state index contributed by atoms with van der Waals surface area (Å²) >= 11 is 0. The summed E-state index contributed by atoms with van der Waals surface area (Å²) in [6.45, 7) is 0. The molecule has 1 rings (SSSR count). The summed E-state index contributed by atoms with van der Waals surface area (Å²) in [6.07, 6.45) is -5.72. The van der Waals surface area contributed by atoms with Crippen LogP contribution in [-0.4, -0.2) is 17.3 Å². The van der Waals surface area contributed by atoms with Gasteiger partial charge in [0.05, 0.1) is 12.3 Å². The second-order valence-corrected chi connectivity index (χ2v) is 3.24. The molecule has 0 fully saturated rings. The second-order valence-electron chi connectivity index (χ2n) is 3.24. The van der Waals surface area contributed by atoms with Crippen molar-refractivity contribution in [1.82, 2.24) is 0 Å². The lowest BCUT2D eigenvalue weighted by atomic mass is 9.95. The Kier molecular flexibility index (Phi) is 3.51. The molecular formula is C10H8F4O2. The number of halogens is 4. The zero-order valence-corrected chi connectivity index (χ0v) is 7.96. The first-order valence-electron chi connectivity index (χ1n) is 4.34. The largest absolute Gasteiger partial charge is 0.481 e. The van der Waals surface area contributed by atoms with E-state index in [4.69, 9.17) is 5.11 Å². The Balaban J connectivity index is 3.01. The van der Waals surface area contributed by atoms with Crippen LogP contribution in [0.4, 0.5) is 17.6 Å². The Labute approximate surface area is 88.5 Å². The number of aliphatic carboxylic acids is 1. The molecular weight excluding hydrogens is 228 g/mol. The third kappa shape index (κ3) is 3.22. The van der Waals surface area contributed by atoms with E-state index in [1.54, 1.807) is 0 Å². The lowest BCUT2D eigenvalue weighted by Crippen LogP contribution is -2.23. The van der Waals surface area contributed by atoms with Gasteiger partial charge in [-0.05, 0) is 17.7 Å². The van der Waals surface area contributed by atoms with E-state index < -0.39 is 30.3 Å². The van der Waals surface area contributed by atoms with E-state index in [9.17, 15) is 22.4 Å². The number of carboxylic acid groups (broad SMARTS) is 1. The summed E-state index contributed by atoms with van der Waals surface area (Å²) in [5.74, 6) is -4.32. The average Bonchev–Trinajstić information content (AvgIpc) is 2.14. The predicted octanol–water partition coefficient (Wildman–Crippen LogP) is 2.95. The number of hydrogen-bond acceptors (Lipinski definition) is 1. The SMILES string of the molecule is O=C(O)C[C@H](c1ccc(F)cc1)C(F)(F)F. The minimum absolute atomic E-state index is 0.253. The molecule has 0 radical (unpaired) electrons. The molecule has 0 bridgehead atoms. The van der Waals surface area contributed by atoms with Crippen molar-refractivity contribution in [3.63, 3.8) is 0 Å². The maximum atomic E-state index is 12.5. The third-order valence-corrected chi connectivity index (χ3v) is 2.05. The molecule has 1 N–H and O–H groups in total. The van der Waals surface area contributed by atoms with Crippen LogP contribution in [0.5, 0.6) is 0 Å². The van der Waals surface area contributed by atoms with Crippen molar-refractivity contribution < 1.29 is 27.5 Å². The molecule has 0 aliphatic heterocycles. The fourth-order valence-electron chi connectivity index (χ4n) is 1.29. The number of alkyl halides is 3. The van der Waals surface area contributed by atoms with Crippen molar-refractivity contribution in [2.24, 2.45) is 0 Å². The van der Waals surface area contributed by atoms with Gasteiger partial charge in [-0.15, -0.1) is 0 Å². The van der Waals surface area contributed by atoms with Crippen molar-refractivity contribution in [2.75, 3.05) is 0 Å². The number of benzene rings is 1. The first kappa shape index (κ1) is 12.5. The maximum absolute atomic E-state index is 12.5. The molecule has 0 unspecified atom stereocenters. The topological polar surface area (TPSA) is 37.3 Å². The molecule has 6 heteroatoms. The maximum Gasteiger partial charge on any atom is 0.396 e. The Hall–Kier alpha value is -1.59. The summed E-state index contributed by atoms with van der Waals surface area (Å²) in [4.78, 5) is 10.3. The van der Waals surface area contributed by atoms with E-state index in [1.165, 1.54) is 0 Å². The van der Waals surface area contributed by atoms with Gasteiger partial charge in [-0.2, -0.15) is 13.2 Å². The minimum Gasteiger partial charge on any atom is -0.481 e. The van der Waals surface area contributed by atoms with Crippen LogP contribution in [-0.2, 0) is 4.79 Å². The van der Waals surface area contributed by atoms with Crippen LogP contribution in [0.25, 0.3) is 0 Å². The van der Waals surface area contributed by atoms with Gasteiger partial charge in [0.1, 0.15) is 5.82 Å². The molecule has 0 aromatic heterocycles. The predicted molar refractivity (Wildman–Crippen MR) is 47.4 cm³/mol. The van der Waals surface area contributed by atoms with Gasteiger partial charge in [-0.1, -0.05) is 12.1 Å². The molecule has 0 saturated heterocycles. The van der Waals surface area contributed by atoms with Crippen LogP contribution >= 0.6 is 0 Å². The van der Waals surface area contributed by atoms with Crippen LogP contribution in [0.3, 0.4) is 0 Å². The van der Waals surface area contributed by atoms with E-state index in [-0.39, 0.29) is 5.56 Å². The number of carboxylic acids is 1. The fourth-order valence-corrected chi connectivity index (χ4v) is 1.29. The van der Waals surface area contributed by atoms with Gasteiger partial charge < -0.3 is 5.11 Å². The Morgan fingerprint density at radius 1 is 1.25 bits per heavy atom. The van der Waals surface area contributed by atoms with Crippen LogP contribution in [0, 0.1) is 5.82 Å². The molecule has 0 spiro atoms. The lowest BCUT2D eigenvalue weighted by molar-refractivity contribution is -0.163. The Morgan fingerprint density at radius 3 is 2.12 bits per heavy atom. The van der Waals surface area contributed by atoms with Crippen molar-refractivity contribution in [1.29, 1.82) is 0 Å². The third-order valence-electron chi connectivity index (χ3n) is 2.05. The van der Waals surface area contributed by atoms with Gasteiger partial charge in [0.15, 0.2) is 0 Å². The quantitative estimate of drug-likeness (QED) is 0.819. The highest BCUT2D eigenvalue weighted by Gasteiger charge is 2.41. The van der Waals surface area contributed by atoms with E-state index in [1.807, 2.05) is 0 Å². The molecule has 0 saturated carbocycles. The molecule has 1 aromatic carbocycles. The smallest absolute Gasteiger partial charge is 0.396 e. The highest BCUT2D eigenvalue weighted by molar-refractivity contribution is 5.68. The fraction of sp³-hybridized carbons (Fsp3) is 0.300. The highest BCUT2D eigenvalue weighted by Crippen LogP contribution is 2.37. The summed E-state index contributed by atoms with van der Waals surface area (Å²) in [5, 5.41) is 8.39. The minimum atomic E-state index is -4.66. The molecule has 2 nitrogen and oxygen atoms in total. The molecule has 0 amide bonds. The zero-order chi connectivity index (χ0) is 12.3. The van der Waals surface area contributed by atoms with Crippen molar-refractivity contribution in [3.8, 4) is 0 Å². The normalized spacial score (nSPS) is 13.5. The molecule has 0 aliphatic carbocycles. The van der Waals surface area contributed by atoms with E-state index >= 15 is 0 Å². The number of carbonyl (C=O) groups is 1. The molecule has 1 aromatic rings. The van der Waals surface area contributed by atoms with Crippen LogP contribution in [0.15, 0.2) is 24.3 Å². The van der Waals surface area contributed by atoms with Gasteiger partial charge in [-0.3, -0.25) is 4.79 Å². The van der Waals surface area contributed by atoms with Crippen LogP contribution < -0.4 is 0 Å². The van der Waals surface area contributed by atoms with Crippen LogP contribution in [0.1, 0.15) is 17.9 Å². The Bertz CT molecular complexity index is 369. The second kappa shape index (κ2) is 4.51. The monoisotopic (exact) mass is 236 g/mol. The Morgan fingerprint density at radius 2 is 1.75 bits per heavy atom. The zero-order valence-electron chi connectivity index (χ0n) is 7.96. The summed E-state index contributed by atoms with van der Waals surface area (Å²) in [6, 6.07) is 3.62. The van der Waals surface area contributed by atoms with Gasteiger partial charge in [0, 0.05) is 0 Å². The summed E-state index contributed by atoms with van der Waals surface area (Å²) in [7, 11) is 0. The van der Waals surface area contributed by atoms with Crippen molar-refractivity contribution in [3.05, 3.63) is 35.6 Å². The average molecular weight is 236 g/mol. The van der Waals surface area contributed by atoms with E-state index in [0.717, 1.165) is 24.3 Å². The molecule has 88 valence electrons. The van der Waals surface area contributed by atoms with Crippen molar-refractivity contribution >= 4 is 5.97 Å². The van der Waals surface area contributed by atoms with Crippen molar-refractivity contribution in [2.45, 2.75) is 18.5 Å². The van der Waals surface area contributed by atoms with Crippen LogP contribution in [0.2, 0.25) is 0 Å². The molecule has 0 heterocycles. The van der Waals surface area contributed by atoms with Gasteiger partial charge >= 0.3 is 12.1 Å². The highest BCUT2D eigenvalue weighted by atomic mass is 19.4.